The normalized spacial score (nSPS) is 14.5. The number of carbonyl (C=O) groups excluding carboxylic acids is 2. The molecule has 0 heterocycles. The Morgan fingerprint density at radius 2 is 1.72 bits per heavy atom. The number of amides is 2. The SMILES string of the molecule is CC(NC(=O)C(N)CC(=O)O)C(=O)NC(C)(C)C. The molecule has 0 aromatic rings. The number of nitrogens with one attached hydrogen (secondary N) is 2. The Balaban J connectivity index is 4.31. The van der Waals surface area contributed by atoms with E-state index in [4.69, 9.17) is 10.8 Å². The van der Waals surface area contributed by atoms with E-state index in [2.05, 4.69) is 10.6 Å². The average molecular weight is 259 g/mol. The van der Waals surface area contributed by atoms with Gasteiger partial charge in [0.1, 0.15) is 6.04 Å². The van der Waals surface area contributed by atoms with Crippen molar-refractivity contribution in [2.24, 2.45) is 5.73 Å². The van der Waals surface area contributed by atoms with Gasteiger partial charge in [0.25, 0.3) is 0 Å². The van der Waals surface area contributed by atoms with Crippen molar-refractivity contribution in [2.75, 3.05) is 0 Å². The highest BCUT2D eigenvalue weighted by molar-refractivity contribution is 5.91. The summed E-state index contributed by atoms with van der Waals surface area (Å²) >= 11 is 0. The van der Waals surface area contributed by atoms with Crippen LogP contribution >= 0.6 is 0 Å². The first kappa shape index (κ1) is 16.4. The maximum atomic E-state index is 11.7. The summed E-state index contributed by atoms with van der Waals surface area (Å²) in [6.45, 7) is 6.95. The fourth-order valence-corrected chi connectivity index (χ4v) is 1.14. The lowest BCUT2D eigenvalue weighted by molar-refractivity contribution is -0.139. The van der Waals surface area contributed by atoms with Gasteiger partial charge in [-0.25, -0.2) is 0 Å². The standard InChI is InChI=1S/C11H21N3O4/c1-6(9(17)14-11(2,3)4)13-10(18)7(12)5-8(15)16/h6-7H,5,12H2,1-4H3,(H,13,18)(H,14,17)(H,15,16). The van der Waals surface area contributed by atoms with E-state index in [1.54, 1.807) is 0 Å². The molecule has 7 heteroatoms. The number of rotatable bonds is 5. The maximum absolute atomic E-state index is 11.7. The van der Waals surface area contributed by atoms with Crippen LogP contribution in [0.1, 0.15) is 34.1 Å². The van der Waals surface area contributed by atoms with Crippen LogP contribution in [-0.4, -0.2) is 40.5 Å². The Morgan fingerprint density at radius 3 is 2.11 bits per heavy atom. The van der Waals surface area contributed by atoms with Gasteiger partial charge < -0.3 is 21.5 Å². The molecular formula is C11H21N3O4. The minimum absolute atomic E-state index is 0.349. The lowest BCUT2D eigenvalue weighted by Crippen LogP contribution is -2.53. The number of hydrogen-bond acceptors (Lipinski definition) is 4. The molecule has 0 radical (unpaired) electrons. The van der Waals surface area contributed by atoms with E-state index in [1.807, 2.05) is 20.8 Å². The quantitative estimate of drug-likeness (QED) is 0.515. The molecule has 0 aliphatic rings. The van der Waals surface area contributed by atoms with Crippen molar-refractivity contribution in [3.8, 4) is 0 Å². The molecule has 0 aromatic heterocycles. The number of carboxylic acid groups (broad SMARTS) is 1. The van der Waals surface area contributed by atoms with Gasteiger partial charge in [-0.15, -0.1) is 0 Å². The van der Waals surface area contributed by atoms with Gasteiger partial charge in [0, 0.05) is 5.54 Å². The zero-order chi connectivity index (χ0) is 14.5. The van der Waals surface area contributed by atoms with Gasteiger partial charge in [0.15, 0.2) is 0 Å². The van der Waals surface area contributed by atoms with E-state index >= 15 is 0 Å². The Hall–Kier alpha value is -1.63. The van der Waals surface area contributed by atoms with Gasteiger partial charge in [-0.05, 0) is 27.7 Å². The largest absolute Gasteiger partial charge is 0.481 e. The summed E-state index contributed by atoms with van der Waals surface area (Å²) in [5, 5.41) is 13.6. The molecule has 104 valence electrons. The molecule has 0 saturated heterocycles. The molecule has 2 amide bonds. The molecule has 2 atom stereocenters. The number of aliphatic carboxylic acids is 1. The molecule has 7 nitrogen and oxygen atoms in total. The third-order valence-corrected chi connectivity index (χ3v) is 1.98. The minimum atomic E-state index is -1.16. The lowest BCUT2D eigenvalue weighted by Gasteiger charge is -2.24. The molecule has 0 bridgehead atoms. The minimum Gasteiger partial charge on any atom is -0.481 e. The van der Waals surface area contributed by atoms with E-state index in [-0.39, 0.29) is 5.91 Å². The topological polar surface area (TPSA) is 122 Å². The van der Waals surface area contributed by atoms with Crippen molar-refractivity contribution >= 4 is 17.8 Å². The smallest absolute Gasteiger partial charge is 0.305 e. The summed E-state index contributed by atoms with van der Waals surface area (Å²) in [5.41, 5.74) is 4.97. The predicted octanol–water partition coefficient (Wildman–Crippen LogP) is -0.792. The molecule has 5 N–H and O–H groups in total. The fourth-order valence-electron chi connectivity index (χ4n) is 1.14. The Morgan fingerprint density at radius 1 is 1.22 bits per heavy atom. The summed E-state index contributed by atoms with van der Waals surface area (Å²) in [5.74, 6) is -2.17. The molecule has 0 aliphatic carbocycles. The van der Waals surface area contributed by atoms with E-state index in [0.717, 1.165) is 0 Å². The second kappa shape index (κ2) is 6.34. The molecule has 0 saturated carbocycles. The van der Waals surface area contributed by atoms with Crippen LogP contribution in [-0.2, 0) is 14.4 Å². The third-order valence-electron chi connectivity index (χ3n) is 1.98. The summed E-state index contributed by atoms with van der Waals surface area (Å²) in [6, 6.07) is -1.93. The van der Waals surface area contributed by atoms with Crippen LogP contribution in [0, 0.1) is 0 Å². The van der Waals surface area contributed by atoms with Gasteiger partial charge >= 0.3 is 5.97 Å². The predicted molar refractivity (Wildman–Crippen MR) is 65.7 cm³/mol. The van der Waals surface area contributed by atoms with Crippen molar-refractivity contribution in [3.05, 3.63) is 0 Å². The van der Waals surface area contributed by atoms with Crippen LogP contribution in [0.2, 0.25) is 0 Å². The first-order valence-electron chi connectivity index (χ1n) is 5.62. The van der Waals surface area contributed by atoms with Gasteiger partial charge in [-0.2, -0.15) is 0 Å². The van der Waals surface area contributed by atoms with Crippen LogP contribution in [0.5, 0.6) is 0 Å². The fraction of sp³-hybridized carbons (Fsp3) is 0.727. The van der Waals surface area contributed by atoms with Crippen molar-refractivity contribution in [1.29, 1.82) is 0 Å². The lowest BCUT2D eigenvalue weighted by atomic mass is 10.1. The molecule has 18 heavy (non-hydrogen) atoms. The van der Waals surface area contributed by atoms with E-state index in [1.165, 1.54) is 6.92 Å². The van der Waals surface area contributed by atoms with Gasteiger partial charge in [-0.3, -0.25) is 14.4 Å². The highest BCUT2D eigenvalue weighted by Gasteiger charge is 2.23. The van der Waals surface area contributed by atoms with Gasteiger partial charge in [-0.1, -0.05) is 0 Å². The number of nitrogens with two attached hydrogens (primary N) is 1. The number of carbonyl (C=O) groups is 3. The van der Waals surface area contributed by atoms with E-state index in [9.17, 15) is 14.4 Å². The third kappa shape index (κ3) is 6.85. The van der Waals surface area contributed by atoms with Crippen molar-refractivity contribution in [1.82, 2.24) is 10.6 Å². The Bertz CT molecular complexity index is 336. The number of carboxylic acids is 1. The molecule has 0 aromatic carbocycles. The highest BCUT2D eigenvalue weighted by Crippen LogP contribution is 1.99. The summed E-state index contributed by atoms with van der Waals surface area (Å²) in [7, 11) is 0. The van der Waals surface area contributed by atoms with Crippen LogP contribution in [0.3, 0.4) is 0 Å². The Kier molecular flexibility index (Phi) is 5.77. The zero-order valence-corrected chi connectivity index (χ0v) is 11.1. The second-order valence-corrected chi connectivity index (χ2v) is 5.17. The highest BCUT2D eigenvalue weighted by atomic mass is 16.4. The zero-order valence-electron chi connectivity index (χ0n) is 11.1. The molecule has 0 aliphatic heterocycles. The van der Waals surface area contributed by atoms with Gasteiger partial charge in [0.05, 0.1) is 12.5 Å². The molecular weight excluding hydrogens is 238 g/mol. The first-order valence-corrected chi connectivity index (χ1v) is 5.62. The summed E-state index contributed by atoms with van der Waals surface area (Å²) < 4.78 is 0. The monoisotopic (exact) mass is 259 g/mol. The Labute approximate surface area is 106 Å². The van der Waals surface area contributed by atoms with Crippen LogP contribution in [0.15, 0.2) is 0 Å². The number of hydrogen-bond donors (Lipinski definition) is 4. The van der Waals surface area contributed by atoms with Crippen LogP contribution in [0.25, 0.3) is 0 Å². The average Bonchev–Trinajstić information content (AvgIpc) is 2.13. The molecule has 2 unspecified atom stereocenters. The van der Waals surface area contributed by atoms with Gasteiger partial charge in [0.2, 0.25) is 11.8 Å². The molecule has 0 spiro atoms. The first-order chi connectivity index (χ1) is 8.03. The van der Waals surface area contributed by atoms with Crippen LogP contribution in [0.4, 0.5) is 0 Å². The molecule has 0 fully saturated rings. The second-order valence-electron chi connectivity index (χ2n) is 5.17. The van der Waals surface area contributed by atoms with E-state index in [0.29, 0.717) is 0 Å². The summed E-state index contributed by atoms with van der Waals surface area (Å²) in [6.07, 6.45) is -0.473. The van der Waals surface area contributed by atoms with E-state index < -0.39 is 35.9 Å². The van der Waals surface area contributed by atoms with Crippen molar-refractivity contribution in [2.45, 2.75) is 51.7 Å². The van der Waals surface area contributed by atoms with Crippen molar-refractivity contribution < 1.29 is 19.5 Å². The van der Waals surface area contributed by atoms with Crippen LogP contribution < -0.4 is 16.4 Å². The van der Waals surface area contributed by atoms with Crippen molar-refractivity contribution in [3.63, 3.8) is 0 Å². The maximum Gasteiger partial charge on any atom is 0.305 e. The molecule has 0 rings (SSSR count). The summed E-state index contributed by atoms with van der Waals surface area (Å²) in [4.78, 5) is 33.5.